The number of allylic oxidation sites excluding steroid dienone is 2. The molecule has 0 aliphatic heterocycles. The number of hydrogen-bond donors (Lipinski definition) is 0. The van der Waals surface area contributed by atoms with Crippen LogP contribution in [0.2, 0.25) is 0 Å². The molecule has 2 aliphatic carbocycles. The van der Waals surface area contributed by atoms with E-state index in [-0.39, 0.29) is 9.65 Å². The molecule has 0 N–H and O–H groups in total. The van der Waals surface area contributed by atoms with Gasteiger partial charge < -0.3 is 0 Å². The molecule has 0 heterocycles. The van der Waals surface area contributed by atoms with Gasteiger partial charge in [-0.05, 0) is 0 Å². The van der Waals surface area contributed by atoms with Gasteiger partial charge in [-0.1, -0.05) is 255 Å². The molecule has 0 bridgehead atoms. The van der Waals surface area contributed by atoms with Gasteiger partial charge in [0.05, 0.1) is 9.65 Å². The predicted molar refractivity (Wildman–Crippen MR) is 190 cm³/mol. The maximum Gasteiger partial charge on any atom is 0.195 e. The Kier molecular flexibility index (Phi) is 11.9. The highest BCUT2D eigenvalue weighted by atomic mass is 79.9. The van der Waals surface area contributed by atoms with E-state index in [4.69, 9.17) is 0 Å². The van der Waals surface area contributed by atoms with E-state index in [2.05, 4.69) is 255 Å². The molecule has 31 heavy (non-hydrogen) atoms. The number of alkyl halides is 12. The second-order valence-corrected chi connectivity index (χ2v) is 30.9. The van der Waals surface area contributed by atoms with Crippen molar-refractivity contribution in [2.24, 2.45) is 0 Å². The van der Waals surface area contributed by atoms with Crippen molar-refractivity contribution in [1.82, 2.24) is 0 Å². The van der Waals surface area contributed by atoms with E-state index in [0.717, 1.165) is 0 Å². The van der Waals surface area contributed by atoms with Gasteiger partial charge in [-0.25, -0.2) is 8.42 Å². The summed E-state index contributed by atoms with van der Waals surface area (Å²) in [4.78, 5) is -0.734. The minimum atomic E-state index is -4.34. The fourth-order valence-corrected chi connectivity index (χ4v) is 25.5. The van der Waals surface area contributed by atoms with Crippen molar-refractivity contribution in [3.63, 3.8) is 0 Å². The summed E-state index contributed by atoms with van der Waals surface area (Å²) < 4.78 is 23.1. The van der Waals surface area contributed by atoms with Crippen LogP contribution >= 0.6 is 255 Å². The van der Waals surface area contributed by atoms with E-state index in [1.54, 1.807) is 0 Å². The molecule has 0 amide bonds. The summed E-state index contributed by atoms with van der Waals surface area (Å²) in [6.07, 6.45) is 0. The molecule has 4 atom stereocenters. The average molecular weight is 1490 g/mol. The number of rotatable bonds is 2. The van der Waals surface area contributed by atoms with Crippen molar-refractivity contribution in [3.05, 3.63) is 17.9 Å². The topological polar surface area (TPSA) is 34.1 Å². The third-order valence-corrected chi connectivity index (χ3v) is 40.4. The first-order chi connectivity index (χ1) is 13.5. The summed E-state index contributed by atoms with van der Waals surface area (Å²) in [5, 5.41) is 0. The fraction of sp³-hybridized carbons (Fsp3) is 0.667. The minimum absolute atomic E-state index is 0.340. The van der Waals surface area contributed by atoms with Crippen molar-refractivity contribution < 1.29 is 8.42 Å². The van der Waals surface area contributed by atoms with E-state index >= 15 is 0 Å². The Balaban J connectivity index is 3.09. The third-order valence-electron chi connectivity index (χ3n) is 4.45. The second kappa shape index (κ2) is 10.7. The Morgan fingerprint density at radius 1 is 0.548 bits per heavy atom. The molecule has 0 aromatic heterocycles. The van der Waals surface area contributed by atoms with E-state index in [9.17, 15) is 8.42 Å². The second-order valence-electron chi connectivity index (χ2n) is 6.14. The van der Waals surface area contributed by atoms with Crippen LogP contribution in [0.25, 0.3) is 0 Å². The Morgan fingerprint density at radius 2 is 0.774 bits per heavy atom. The normalized spacial score (nSPS) is 39.6. The molecule has 0 saturated carbocycles. The summed E-state index contributed by atoms with van der Waals surface area (Å²) in [6.45, 7) is 0. The van der Waals surface area contributed by atoms with Gasteiger partial charge in [-0.2, -0.15) is 0 Å². The van der Waals surface area contributed by atoms with E-state index in [0.29, 0.717) is 17.9 Å². The van der Waals surface area contributed by atoms with Crippen molar-refractivity contribution >= 4 is 265 Å². The Hall–Kier alpha value is 7.11. The summed E-state index contributed by atoms with van der Waals surface area (Å²) in [5.41, 5.74) is 0. The Labute approximate surface area is 314 Å². The summed E-state index contributed by atoms with van der Waals surface area (Å²) in [6, 6.07) is 0. The van der Waals surface area contributed by atoms with Crippen LogP contribution in [0, 0.1) is 0 Å². The van der Waals surface area contributed by atoms with Crippen LogP contribution in [0.1, 0.15) is 0 Å². The van der Waals surface area contributed by atoms with Crippen molar-refractivity contribution in [2.75, 3.05) is 0 Å². The molecule has 180 valence electrons. The fourth-order valence-electron chi connectivity index (χ4n) is 2.64. The summed E-state index contributed by atoms with van der Waals surface area (Å²) in [7, 11) is -4.34. The molecule has 0 saturated heterocycles. The van der Waals surface area contributed by atoms with Crippen LogP contribution in [0.5, 0.6) is 0 Å². The minimum Gasteiger partial charge on any atom is -0.225 e. The summed E-state index contributed by atoms with van der Waals surface area (Å²) in [5.74, 6) is 0. The van der Waals surface area contributed by atoms with Gasteiger partial charge in [-0.15, -0.1) is 0 Å². The van der Waals surface area contributed by atoms with Crippen molar-refractivity contribution in [3.8, 4) is 0 Å². The van der Waals surface area contributed by atoms with Gasteiger partial charge in [0.2, 0.25) is 0 Å². The van der Waals surface area contributed by atoms with Crippen LogP contribution in [0.3, 0.4) is 0 Å². The quantitative estimate of drug-likeness (QED) is 0.258. The highest BCUT2D eigenvalue weighted by Gasteiger charge is 2.80. The third kappa shape index (κ3) is 4.47. The smallest absolute Gasteiger partial charge is 0.195 e. The molecule has 0 radical (unpaired) electrons. The molecule has 2 nitrogen and oxygen atoms in total. The SMILES string of the molecule is O=S(=O)(C1(Br)C(Br)=C(Br)C(Br)C(Br)(Br)C1(Br)Br)C1(Br)C(Br)=C(Br)C(Br)C(Br)(Br)C1(Br)Br. The molecule has 2 rings (SSSR count). The molecule has 0 aromatic carbocycles. The summed E-state index contributed by atoms with van der Waals surface area (Å²) >= 11 is 57.7. The zero-order chi connectivity index (χ0) is 25.0. The highest BCUT2D eigenvalue weighted by Crippen LogP contribution is 2.76. The van der Waals surface area contributed by atoms with Gasteiger partial charge in [0.15, 0.2) is 17.1 Å². The lowest BCUT2D eigenvalue weighted by molar-refractivity contribution is 0.546. The van der Waals surface area contributed by atoms with Crippen LogP contribution in [-0.2, 0) is 9.84 Å². The van der Waals surface area contributed by atoms with Crippen LogP contribution in [0.4, 0.5) is 0 Å². The Morgan fingerprint density at radius 3 is 1.00 bits per heavy atom. The molecule has 0 aromatic rings. The van der Waals surface area contributed by atoms with Crippen LogP contribution in [0.15, 0.2) is 17.9 Å². The lowest BCUT2D eigenvalue weighted by Gasteiger charge is -2.57. The van der Waals surface area contributed by atoms with Gasteiger partial charge in [0.25, 0.3) is 0 Å². The van der Waals surface area contributed by atoms with Crippen LogP contribution in [-0.4, -0.2) is 38.3 Å². The van der Waals surface area contributed by atoms with E-state index in [1.165, 1.54) is 0 Å². The molecule has 19 heteroatoms. The Bertz CT molecular complexity index is 911. The first-order valence-electron chi connectivity index (χ1n) is 6.98. The van der Waals surface area contributed by atoms with Crippen LogP contribution < -0.4 is 0 Å². The predicted octanol–water partition coefficient (Wildman–Crippen LogP) is 12.1. The maximum atomic E-state index is 14.8. The molecule has 2 aliphatic rings. The first kappa shape index (κ1) is 34.3. The largest absolute Gasteiger partial charge is 0.225 e. The first-order valence-corrected chi connectivity index (χ1v) is 21.4. The van der Waals surface area contributed by atoms with E-state index < -0.39 is 30.1 Å². The average Bonchev–Trinajstić information content (AvgIpc) is 2.66. The standard InChI is InChI=1S/C12H2Br16O2S/c13-1-3(15)7(19,20)11(25,26)9(23,5(1)17)31(29,30)10(24)6(18)2(14)4(16)8(21,22)12(10,27)28/h3-4H. The molecule has 0 fully saturated rings. The molecular formula is C12H2Br16O2S. The number of sulfone groups is 1. The zero-order valence-electron chi connectivity index (χ0n) is 13.4. The van der Waals surface area contributed by atoms with Gasteiger partial charge in [-0.3, -0.25) is 0 Å². The highest BCUT2D eigenvalue weighted by molar-refractivity contribution is 9.32. The van der Waals surface area contributed by atoms with Crippen molar-refractivity contribution in [2.45, 2.75) is 29.9 Å². The van der Waals surface area contributed by atoms with E-state index in [1.807, 2.05) is 0 Å². The van der Waals surface area contributed by atoms with Crippen molar-refractivity contribution in [1.29, 1.82) is 0 Å². The van der Waals surface area contributed by atoms with Gasteiger partial charge in [0.1, 0.15) is 12.9 Å². The lowest BCUT2D eigenvalue weighted by atomic mass is 10.1. The molecule has 4 unspecified atom stereocenters. The molecule has 0 spiro atoms. The maximum absolute atomic E-state index is 14.8. The zero-order valence-corrected chi connectivity index (χ0v) is 39.6. The number of halogens is 16. The number of hydrogen-bond acceptors (Lipinski definition) is 2. The lowest BCUT2D eigenvalue weighted by Crippen LogP contribution is -2.70. The monoisotopic (exact) mass is 1470 g/mol. The van der Waals surface area contributed by atoms with Gasteiger partial charge >= 0.3 is 0 Å². The van der Waals surface area contributed by atoms with Gasteiger partial charge in [0, 0.05) is 17.9 Å². The molecular weight excluding hydrogens is 1490 g/mol.